The van der Waals surface area contributed by atoms with Crippen molar-refractivity contribution in [2.24, 2.45) is 5.92 Å². The van der Waals surface area contributed by atoms with Gasteiger partial charge < -0.3 is 0 Å². The molecule has 1 saturated carbocycles. The van der Waals surface area contributed by atoms with E-state index in [2.05, 4.69) is 13.5 Å². The Morgan fingerprint density at radius 1 is 1.56 bits per heavy atom. The molecule has 0 atom stereocenters. The first-order valence-electron chi connectivity index (χ1n) is 3.93. The van der Waals surface area contributed by atoms with Crippen molar-refractivity contribution in [1.82, 2.24) is 0 Å². The Labute approximate surface area is 58.0 Å². The SMILES string of the molecule is C=C(C)CCC1CCC1. The third kappa shape index (κ3) is 2.21. The molecule has 0 N–H and O–H groups in total. The van der Waals surface area contributed by atoms with Gasteiger partial charge in [0.1, 0.15) is 0 Å². The normalized spacial score (nSPS) is 19.2. The van der Waals surface area contributed by atoms with E-state index in [1.165, 1.54) is 37.7 Å². The van der Waals surface area contributed by atoms with Crippen LogP contribution in [0.2, 0.25) is 0 Å². The second-order valence-corrected chi connectivity index (χ2v) is 3.29. The lowest BCUT2D eigenvalue weighted by molar-refractivity contribution is 0.296. The standard InChI is InChI=1S/C9H16/c1-8(2)6-7-9-4-3-5-9/h9H,1,3-7H2,2H3. The zero-order chi connectivity index (χ0) is 6.69. The topological polar surface area (TPSA) is 0 Å². The van der Waals surface area contributed by atoms with Crippen molar-refractivity contribution in [3.63, 3.8) is 0 Å². The molecule has 0 unspecified atom stereocenters. The summed E-state index contributed by atoms with van der Waals surface area (Å²) in [4.78, 5) is 0. The van der Waals surface area contributed by atoms with Crippen LogP contribution in [0.5, 0.6) is 0 Å². The highest BCUT2D eigenvalue weighted by atomic mass is 14.2. The molecule has 0 heterocycles. The van der Waals surface area contributed by atoms with Crippen LogP contribution in [0.1, 0.15) is 39.0 Å². The van der Waals surface area contributed by atoms with E-state index in [1.807, 2.05) is 0 Å². The van der Waals surface area contributed by atoms with Crippen LogP contribution < -0.4 is 0 Å². The van der Waals surface area contributed by atoms with Crippen molar-refractivity contribution in [2.75, 3.05) is 0 Å². The van der Waals surface area contributed by atoms with Crippen molar-refractivity contribution in [1.29, 1.82) is 0 Å². The highest BCUT2D eigenvalue weighted by Gasteiger charge is 2.15. The zero-order valence-corrected chi connectivity index (χ0v) is 6.32. The summed E-state index contributed by atoms with van der Waals surface area (Å²) in [7, 11) is 0. The molecule has 52 valence electrons. The first kappa shape index (κ1) is 6.85. The summed E-state index contributed by atoms with van der Waals surface area (Å²) in [5.74, 6) is 1.06. The molecule has 9 heavy (non-hydrogen) atoms. The third-order valence-corrected chi connectivity index (χ3v) is 2.20. The number of allylic oxidation sites excluding steroid dienone is 1. The van der Waals surface area contributed by atoms with E-state index in [1.54, 1.807) is 0 Å². The molecule has 1 rings (SSSR count). The Morgan fingerprint density at radius 3 is 2.56 bits per heavy atom. The summed E-state index contributed by atoms with van der Waals surface area (Å²) in [5.41, 5.74) is 1.35. The van der Waals surface area contributed by atoms with Gasteiger partial charge in [0.25, 0.3) is 0 Å². The van der Waals surface area contributed by atoms with E-state index in [-0.39, 0.29) is 0 Å². The highest BCUT2D eigenvalue weighted by molar-refractivity contribution is 4.89. The van der Waals surface area contributed by atoms with E-state index in [4.69, 9.17) is 0 Å². The van der Waals surface area contributed by atoms with Gasteiger partial charge in [0.05, 0.1) is 0 Å². The molecule has 1 aliphatic rings. The highest BCUT2D eigenvalue weighted by Crippen LogP contribution is 2.31. The minimum atomic E-state index is 1.06. The Hall–Kier alpha value is -0.260. The Morgan fingerprint density at radius 2 is 2.22 bits per heavy atom. The van der Waals surface area contributed by atoms with Gasteiger partial charge in [-0.3, -0.25) is 0 Å². The lowest BCUT2D eigenvalue weighted by atomic mass is 9.81. The van der Waals surface area contributed by atoms with Crippen LogP contribution in [-0.4, -0.2) is 0 Å². The summed E-state index contributed by atoms with van der Waals surface area (Å²) < 4.78 is 0. The van der Waals surface area contributed by atoms with Crippen molar-refractivity contribution >= 4 is 0 Å². The second-order valence-electron chi connectivity index (χ2n) is 3.29. The molecule has 0 aromatic heterocycles. The molecule has 0 bridgehead atoms. The summed E-state index contributed by atoms with van der Waals surface area (Å²) in [6.45, 7) is 6.01. The molecule has 0 heteroatoms. The first-order chi connectivity index (χ1) is 4.29. The van der Waals surface area contributed by atoms with E-state index < -0.39 is 0 Å². The molecular weight excluding hydrogens is 108 g/mol. The van der Waals surface area contributed by atoms with Crippen molar-refractivity contribution in [3.05, 3.63) is 12.2 Å². The molecule has 0 radical (unpaired) electrons. The molecule has 1 aliphatic carbocycles. The smallest absolute Gasteiger partial charge is 0.0323 e. The van der Waals surface area contributed by atoms with Crippen LogP contribution in [0.3, 0.4) is 0 Å². The molecular formula is C9H16. The minimum Gasteiger partial charge on any atom is -0.100 e. The monoisotopic (exact) mass is 124 g/mol. The maximum Gasteiger partial charge on any atom is -0.0323 e. The third-order valence-electron chi connectivity index (χ3n) is 2.20. The molecule has 0 spiro atoms. The van der Waals surface area contributed by atoms with E-state index in [0.29, 0.717) is 0 Å². The average molecular weight is 124 g/mol. The van der Waals surface area contributed by atoms with Crippen LogP contribution in [-0.2, 0) is 0 Å². The van der Waals surface area contributed by atoms with E-state index in [9.17, 15) is 0 Å². The van der Waals surface area contributed by atoms with Crippen LogP contribution in [0.25, 0.3) is 0 Å². The quantitative estimate of drug-likeness (QED) is 0.507. The van der Waals surface area contributed by atoms with Gasteiger partial charge >= 0.3 is 0 Å². The Kier molecular flexibility index (Phi) is 2.32. The van der Waals surface area contributed by atoms with Gasteiger partial charge in [-0.2, -0.15) is 0 Å². The fourth-order valence-corrected chi connectivity index (χ4v) is 1.23. The fraction of sp³-hybridized carbons (Fsp3) is 0.778. The van der Waals surface area contributed by atoms with E-state index in [0.717, 1.165) is 5.92 Å². The summed E-state index contributed by atoms with van der Waals surface area (Å²) in [6.07, 6.45) is 7.08. The number of rotatable bonds is 3. The van der Waals surface area contributed by atoms with E-state index >= 15 is 0 Å². The molecule has 0 nitrogen and oxygen atoms in total. The van der Waals surface area contributed by atoms with Crippen LogP contribution in [0, 0.1) is 5.92 Å². The largest absolute Gasteiger partial charge is 0.100 e. The molecule has 0 amide bonds. The summed E-state index contributed by atoms with van der Waals surface area (Å²) in [6, 6.07) is 0. The average Bonchev–Trinajstić information content (AvgIpc) is 1.60. The molecule has 1 fully saturated rings. The Balaban J connectivity index is 1.97. The van der Waals surface area contributed by atoms with Crippen molar-refractivity contribution in [3.8, 4) is 0 Å². The maximum atomic E-state index is 3.89. The van der Waals surface area contributed by atoms with Gasteiger partial charge in [-0.15, -0.1) is 6.58 Å². The van der Waals surface area contributed by atoms with Crippen LogP contribution >= 0.6 is 0 Å². The molecule has 0 aromatic rings. The zero-order valence-electron chi connectivity index (χ0n) is 6.32. The van der Waals surface area contributed by atoms with Gasteiger partial charge in [0.2, 0.25) is 0 Å². The minimum absolute atomic E-state index is 1.06. The Bertz CT molecular complexity index is 98.6. The van der Waals surface area contributed by atoms with Gasteiger partial charge in [-0.05, 0) is 25.7 Å². The maximum absolute atomic E-state index is 3.89. The van der Waals surface area contributed by atoms with Crippen molar-refractivity contribution in [2.45, 2.75) is 39.0 Å². The van der Waals surface area contributed by atoms with Gasteiger partial charge in [0.15, 0.2) is 0 Å². The van der Waals surface area contributed by atoms with Crippen molar-refractivity contribution < 1.29 is 0 Å². The lowest BCUT2D eigenvalue weighted by Crippen LogP contribution is -2.10. The predicted octanol–water partition coefficient (Wildman–Crippen LogP) is 3.14. The van der Waals surface area contributed by atoms with Crippen LogP contribution in [0.4, 0.5) is 0 Å². The second kappa shape index (κ2) is 3.05. The molecule has 0 aromatic carbocycles. The summed E-state index contributed by atoms with van der Waals surface area (Å²) in [5, 5.41) is 0. The van der Waals surface area contributed by atoms with Gasteiger partial charge in [-0.25, -0.2) is 0 Å². The summed E-state index contributed by atoms with van der Waals surface area (Å²) >= 11 is 0. The van der Waals surface area contributed by atoms with Gasteiger partial charge in [0, 0.05) is 0 Å². The number of hydrogen-bond donors (Lipinski definition) is 0. The lowest BCUT2D eigenvalue weighted by Gasteiger charge is -2.24. The molecule has 0 aliphatic heterocycles. The van der Waals surface area contributed by atoms with Crippen LogP contribution in [0.15, 0.2) is 12.2 Å². The molecule has 0 saturated heterocycles. The fourth-order valence-electron chi connectivity index (χ4n) is 1.23. The predicted molar refractivity (Wildman–Crippen MR) is 41.4 cm³/mol. The van der Waals surface area contributed by atoms with Gasteiger partial charge in [-0.1, -0.05) is 24.8 Å². The first-order valence-corrected chi connectivity index (χ1v) is 3.93. The number of hydrogen-bond acceptors (Lipinski definition) is 0.